The zero-order chi connectivity index (χ0) is 60.9. The minimum Gasteiger partial charge on any atom is -0.394 e. The highest BCUT2D eigenvalue weighted by Crippen LogP contribution is 2.30. The Morgan fingerprint density at radius 3 is 1.31 bits per heavy atom. The van der Waals surface area contributed by atoms with Crippen LogP contribution in [-0.2, 0) is 23.7 Å². The Kier molecular flexibility index (Phi) is 49.6. The first-order valence-corrected chi connectivity index (χ1v) is 33.5. The highest BCUT2D eigenvalue weighted by Gasteiger charge is 2.51. The molecule has 0 bridgehead atoms. The lowest BCUT2D eigenvalue weighted by Gasteiger charge is -2.46. The van der Waals surface area contributed by atoms with Gasteiger partial charge in [0, 0.05) is 6.42 Å². The highest BCUT2D eigenvalue weighted by molar-refractivity contribution is 5.76. The van der Waals surface area contributed by atoms with Gasteiger partial charge in [0.1, 0.15) is 48.8 Å². The number of rotatable bonds is 53. The summed E-state index contributed by atoms with van der Waals surface area (Å²) in [6, 6.07) is -0.941. The number of amides is 1. The van der Waals surface area contributed by atoms with Crippen LogP contribution in [0, 0.1) is 0 Å². The molecule has 2 saturated heterocycles. The van der Waals surface area contributed by atoms with Gasteiger partial charge >= 0.3 is 0 Å². The Morgan fingerprint density at radius 1 is 0.440 bits per heavy atom. The van der Waals surface area contributed by atoms with Gasteiger partial charge in [0.2, 0.25) is 5.91 Å². The van der Waals surface area contributed by atoms with Gasteiger partial charge in [-0.1, -0.05) is 252 Å². The molecular weight excluding hydrogens is 1060 g/mol. The van der Waals surface area contributed by atoms with Gasteiger partial charge in [-0.2, -0.15) is 0 Å². The van der Waals surface area contributed by atoms with Crippen LogP contribution in [0.25, 0.3) is 0 Å². The second kappa shape index (κ2) is 54.1. The molecule has 484 valence electrons. The minimum atomic E-state index is -1.80. The molecule has 14 nitrogen and oxygen atoms in total. The number of hydrogen-bond donors (Lipinski definition) is 9. The van der Waals surface area contributed by atoms with Crippen LogP contribution in [0.4, 0.5) is 0 Å². The molecule has 2 rings (SSSR count). The Morgan fingerprint density at radius 2 is 0.833 bits per heavy atom. The van der Waals surface area contributed by atoms with Crippen LogP contribution in [0.2, 0.25) is 0 Å². The Balaban J connectivity index is 1.72. The van der Waals surface area contributed by atoms with Crippen LogP contribution >= 0.6 is 0 Å². The summed E-state index contributed by atoms with van der Waals surface area (Å²) in [5.74, 6) is -0.256. The molecule has 0 saturated carbocycles. The summed E-state index contributed by atoms with van der Waals surface area (Å²) in [6.45, 7) is 2.67. The number of aliphatic hydroxyl groups excluding tert-OH is 8. The molecule has 0 aromatic heterocycles. The quantitative estimate of drug-likeness (QED) is 0.0204. The van der Waals surface area contributed by atoms with Crippen LogP contribution in [0.1, 0.15) is 245 Å². The minimum absolute atomic E-state index is 0.256. The molecule has 1 amide bonds. The van der Waals surface area contributed by atoms with Gasteiger partial charge in [-0.05, 0) is 83.5 Å². The van der Waals surface area contributed by atoms with Crippen LogP contribution in [0.15, 0.2) is 97.2 Å². The van der Waals surface area contributed by atoms with Crippen molar-refractivity contribution in [3.8, 4) is 0 Å². The number of nitrogens with one attached hydrogen (secondary N) is 1. The molecule has 2 aliphatic rings. The molecule has 0 spiro atoms. The molecule has 2 aliphatic heterocycles. The second-order valence-electron chi connectivity index (χ2n) is 23.2. The third-order valence-corrected chi connectivity index (χ3v) is 15.8. The zero-order valence-electron chi connectivity index (χ0n) is 52.4. The fraction of sp³-hybridized carbons (Fsp3) is 0.757. The lowest BCUT2D eigenvalue weighted by atomic mass is 9.97. The summed E-state index contributed by atoms with van der Waals surface area (Å²) in [6.07, 6.45) is 58.7. The molecule has 2 heterocycles. The number of carbonyl (C=O) groups excluding carboxylic acids is 1. The van der Waals surface area contributed by atoms with E-state index in [1.165, 1.54) is 135 Å². The average Bonchev–Trinajstić information content (AvgIpc) is 3.24. The SMILES string of the molecule is CC/C=C\C/C=C\C/C=C\C/C=C\C/C=C\C/C=C\CCCCCCCCCCCCC(=O)NC(COC1OC(CO)C(OC2OC(CO)C(O)C(O)C2O)C(O)C1O)C(O)/C=C/CC/C=C/CCCCCCCCCCCCCCCCC. The van der Waals surface area contributed by atoms with E-state index in [9.17, 15) is 45.6 Å². The zero-order valence-corrected chi connectivity index (χ0v) is 52.4. The fourth-order valence-corrected chi connectivity index (χ4v) is 10.4. The monoisotopic (exact) mass is 1180 g/mol. The average molecular weight is 1180 g/mol. The number of ether oxygens (including phenoxy) is 4. The van der Waals surface area contributed by atoms with E-state index in [0.29, 0.717) is 12.8 Å². The third-order valence-electron chi connectivity index (χ3n) is 15.8. The molecule has 12 unspecified atom stereocenters. The van der Waals surface area contributed by atoms with Crippen molar-refractivity contribution in [3.63, 3.8) is 0 Å². The van der Waals surface area contributed by atoms with Gasteiger partial charge in [-0.15, -0.1) is 0 Å². The van der Waals surface area contributed by atoms with Crippen molar-refractivity contribution in [2.75, 3.05) is 19.8 Å². The molecule has 0 radical (unpaired) electrons. The van der Waals surface area contributed by atoms with Crippen molar-refractivity contribution in [3.05, 3.63) is 97.2 Å². The Labute approximate surface area is 509 Å². The summed E-state index contributed by atoms with van der Waals surface area (Å²) in [7, 11) is 0. The van der Waals surface area contributed by atoms with Crippen LogP contribution in [0.5, 0.6) is 0 Å². The smallest absolute Gasteiger partial charge is 0.220 e. The first-order chi connectivity index (χ1) is 41.1. The van der Waals surface area contributed by atoms with Gasteiger partial charge in [-0.25, -0.2) is 0 Å². The molecule has 12 atom stereocenters. The van der Waals surface area contributed by atoms with Crippen molar-refractivity contribution < 1.29 is 64.6 Å². The van der Waals surface area contributed by atoms with Crippen LogP contribution < -0.4 is 5.32 Å². The summed E-state index contributed by atoms with van der Waals surface area (Å²) in [5, 5.41) is 87.3. The van der Waals surface area contributed by atoms with Crippen LogP contribution in [0.3, 0.4) is 0 Å². The molecule has 84 heavy (non-hydrogen) atoms. The summed E-state index contributed by atoms with van der Waals surface area (Å²) >= 11 is 0. The van der Waals surface area contributed by atoms with E-state index in [4.69, 9.17) is 18.9 Å². The summed E-state index contributed by atoms with van der Waals surface area (Å²) in [5.41, 5.74) is 0. The summed E-state index contributed by atoms with van der Waals surface area (Å²) in [4.78, 5) is 13.3. The molecule has 0 aliphatic carbocycles. The number of carbonyl (C=O) groups is 1. The van der Waals surface area contributed by atoms with Crippen molar-refractivity contribution >= 4 is 5.91 Å². The largest absolute Gasteiger partial charge is 0.394 e. The number of allylic oxidation sites excluding steroid dienone is 15. The molecule has 9 N–H and O–H groups in total. The summed E-state index contributed by atoms with van der Waals surface area (Å²) < 4.78 is 22.8. The Hall–Kier alpha value is -3.09. The molecule has 14 heteroatoms. The lowest BCUT2D eigenvalue weighted by Crippen LogP contribution is -2.65. The Bertz CT molecular complexity index is 1780. The molecule has 0 aromatic rings. The van der Waals surface area contributed by atoms with E-state index in [2.05, 4.69) is 104 Å². The predicted molar refractivity (Wildman–Crippen MR) is 341 cm³/mol. The second-order valence-corrected chi connectivity index (χ2v) is 23.2. The van der Waals surface area contributed by atoms with E-state index < -0.39 is 86.8 Å². The van der Waals surface area contributed by atoms with E-state index in [1.807, 2.05) is 6.08 Å². The molecular formula is C70H121NO13. The maximum Gasteiger partial charge on any atom is 0.220 e. The van der Waals surface area contributed by atoms with Gasteiger partial charge in [0.05, 0.1) is 32.0 Å². The lowest BCUT2D eigenvalue weighted by molar-refractivity contribution is -0.359. The third kappa shape index (κ3) is 38.2. The number of unbranched alkanes of at least 4 members (excludes halogenated alkanes) is 26. The van der Waals surface area contributed by atoms with Gasteiger partial charge < -0.3 is 65.1 Å². The number of hydrogen-bond acceptors (Lipinski definition) is 13. The molecule has 2 fully saturated rings. The first kappa shape index (κ1) is 77.0. The van der Waals surface area contributed by atoms with Gasteiger partial charge in [0.15, 0.2) is 12.6 Å². The normalized spacial score (nSPS) is 24.3. The first-order valence-electron chi connectivity index (χ1n) is 33.5. The van der Waals surface area contributed by atoms with E-state index in [0.717, 1.165) is 77.0 Å². The topological polar surface area (TPSA) is 228 Å². The standard InChI is InChI=1S/C70H121NO13/c1-3-5-7-9-11-13-15-17-19-21-23-25-26-27-28-29-30-31-32-34-36-38-40-42-44-46-48-50-52-54-62(75)71-58(59(74)53-51-49-47-45-43-41-39-37-35-33-24-22-20-18-16-14-12-10-8-6-4-2)57-81-69-67(80)65(78)68(61(56-73)83-69)84-70-66(79)64(77)63(76)60(55-72)82-70/h5,7,11,13,17,19,23,25,27-28,30-31,43,45,51,53,58-61,63-70,72-74,76-80H,3-4,6,8-10,12,14-16,18,20-22,24,26,29,32-42,44,46-50,52,54-57H2,1-2H3,(H,71,75)/b7-5-,13-11-,19-17-,25-23-,28-27-,31-30-,45-43+,53-51+. The number of aliphatic hydroxyl groups is 8. The highest BCUT2D eigenvalue weighted by atomic mass is 16.7. The maximum atomic E-state index is 13.3. The van der Waals surface area contributed by atoms with E-state index >= 15 is 0 Å². The van der Waals surface area contributed by atoms with Crippen molar-refractivity contribution in [1.82, 2.24) is 5.32 Å². The van der Waals surface area contributed by atoms with Crippen LogP contribution in [-0.4, -0.2) is 140 Å². The van der Waals surface area contributed by atoms with Crippen molar-refractivity contribution in [1.29, 1.82) is 0 Å². The predicted octanol–water partition coefficient (Wildman–Crippen LogP) is 13.0. The van der Waals surface area contributed by atoms with Crippen molar-refractivity contribution in [2.45, 2.75) is 319 Å². The van der Waals surface area contributed by atoms with Gasteiger partial charge in [-0.3, -0.25) is 4.79 Å². The maximum absolute atomic E-state index is 13.3. The van der Waals surface area contributed by atoms with Gasteiger partial charge in [0.25, 0.3) is 0 Å². The van der Waals surface area contributed by atoms with E-state index in [1.54, 1.807) is 6.08 Å². The fourth-order valence-electron chi connectivity index (χ4n) is 10.4. The molecule has 0 aromatic carbocycles. The van der Waals surface area contributed by atoms with E-state index in [-0.39, 0.29) is 18.9 Å². The van der Waals surface area contributed by atoms with Crippen molar-refractivity contribution in [2.24, 2.45) is 0 Å².